The molecule has 7 heteroatoms. The average Bonchev–Trinajstić information content (AvgIpc) is 3.35. The van der Waals surface area contributed by atoms with Gasteiger partial charge in [0, 0.05) is 22.4 Å². The van der Waals surface area contributed by atoms with E-state index >= 15 is 0 Å². The van der Waals surface area contributed by atoms with Crippen LogP contribution in [0.3, 0.4) is 0 Å². The molecule has 1 amide bonds. The fourth-order valence-electron chi connectivity index (χ4n) is 2.79. The number of para-hydroxylation sites is 1. The lowest BCUT2D eigenvalue weighted by atomic mass is 10.1. The number of nitrogens with one attached hydrogen (secondary N) is 1. The van der Waals surface area contributed by atoms with E-state index in [1.165, 1.54) is 12.1 Å². The van der Waals surface area contributed by atoms with Crippen molar-refractivity contribution in [3.8, 4) is 6.07 Å². The normalized spacial score (nSPS) is 10.7. The smallest absolute Gasteiger partial charge is 0.291 e. The zero-order chi connectivity index (χ0) is 19.5. The van der Waals surface area contributed by atoms with Gasteiger partial charge in [0.2, 0.25) is 0 Å². The Labute approximate surface area is 168 Å². The summed E-state index contributed by atoms with van der Waals surface area (Å²) in [5, 5.41) is 14.6. The number of thiophene rings is 1. The summed E-state index contributed by atoms with van der Waals surface area (Å²) in [6, 6.07) is 17.1. The summed E-state index contributed by atoms with van der Waals surface area (Å²) in [7, 11) is 0. The molecular weight excluding hydrogens is 395 g/mol. The van der Waals surface area contributed by atoms with Crippen molar-refractivity contribution < 1.29 is 13.6 Å². The molecule has 2 aromatic carbocycles. The van der Waals surface area contributed by atoms with Crippen LogP contribution >= 0.6 is 23.1 Å². The molecule has 0 aliphatic carbocycles. The molecule has 0 radical (unpaired) electrons. The molecule has 0 saturated heterocycles. The third-order valence-corrected chi connectivity index (χ3v) is 6.26. The van der Waals surface area contributed by atoms with E-state index in [4.69, 9.17) is 9.68 Å². The largest absolute Gasteiger partial charge is 0.451 e. The van der Waals surface area contributed by atoms with Gasteiger partial charge in [-0.3, -0.25) is 4.79 Å². The van der Waals surface area contributed by atoms with Crippen LogP contribution < -0.4 is 5.32 Å². The molecule has 2 heterocycles. The molecule has 0 aliphatic heterocycles. The molecular formula is C21H13FN2O2S2. The molecule has 4 rings (SSSR count). The summed E-state index contributed by atoms with van der Waals surface area (Å²) in [6.45, 7) is 0. The number of thioether (sulfide) groups is 1. The van der Waals surface area contributed by atoms with E-state index in [1.807, 2.05) is 41.8 Å². The zero-order valence-corrected chi connectivity index (χ0v) is 16.1. The molecule has 4 nitrogen and oxygen atoms in total. The molecule has 0 bridgehead atoms. The number of benzene rings is 2. The second-order valence-electron chi connectivity index (χ2n) is 5.89. The highest BCUT2D eigenvalue weighted by molar-refractivity contribution is 8.00. The van der Waals surface area contributed by atoms with Gasteiger partial charge in [-0.25, -0.2) is 4.39 Å². The maximum absolute atomic E-state index is 13.5. The van der Waals surface area contributed by atoms with Gasteiger partial charge >= 0.3 is 0 Å². The molecule has 28 heavy (non-hydrogen) atoms. The van der Waals surface area contributed by atoms with Crippen LogP contribution in [0.1, 0.15) is 21.7 Å². The van der Waals surface area contributed by atoms with Crippen molar-refractivity contribution in [2.75, 3.05) is 5.32 Å². The fraction of sp³-hybridized carbons (Fsp3) is 0.0476. The van der Waals surface area contributed by atoms with Gasteiger partial charge in [-0.05, 0) is 35.7 Å². The molecule has 0 fully saturated rings. The zero-order valence-electron chi connectivity index (χ0n) is 14.4. The summed E-state index contributed by atoms with van der Waals surface area (Å²) in [5.41, 5.74) is 1.64. The second kappa shape index (κ2) is 7.89. The van der Waals surface area contributed by atoms with E-state index in [0.29, 0.717) is 17.0 Å². The standard InChI is InChI=1S/C21H13FN2O2S2/c22-17-8-7-14(10-13(17)11-23)24-21(25)20-16(12-28-19-6-3-9-27-19)15-4-1-2-5-18(15)26-20/h1-10H,12H2,(H,24,25). The number of carbonyl (C=O) groups excluding carboxylic acids is 1. The Hall–Kier alpha value is -3.08. The first-order valence-corrected chi connectivity index (χ1v) is 10.2. The number of hydrogen-bond donors (Lipinski definition) is 1. The summed E-state index contributed by atoms with van der Waals surface area (Å²) in [4.78, 5) is 12.9. The Kier molecular flexibility index (Phi) is 5.15. The van der Waals surface area contributed by atoms with E-state index in [9.17, 15) is 9.18 Å². The number of hydrogen-bond acceptors (Lipinski definition) is 5. The van der Waals surface area contributed by atoms with Crippen molar-refractivity contribution >= 4 is 45.7 Å². The van der Waals surface area contributed by atoms with Gasteiger partial charge in [0.25, 0.3) is 5.91 Å². The number of anilines is 1. The monoisotopic (exact) mass is 408 g/mol. The number of fused-ring (bicyclic) bond motifs is 1. The molecule has 0 saturated carbocycles. The molecule has 0 atom stereocenters. The van der Waals surface area contributed by atoms with Crippen molar-refractivity contribution in [1.29, 1.82) is 5.26 Å². The molecule has 0 aliphatic rings. The number of rotatable bonds is 5. The van der Waals surface area contributed by atoms with Crippen LogP contribution in [0.4, 0.5) is 10.1 Å². The van der Waals surface area contributed by atoms with Gasteiger partial charge in [-0.15, -0.1) is 23.1 Å². The molecule has 1 N–H and O–H groups in total. The van der Waals surface area contributed by atoms with Gasteiger partial charge in [0.05, 0.1) is 9.77 Å². The van der Waals surface area contributed by atoms with E-state index < -0.39 is 11.7 Å². The lowest BCUT2D eigenvalue weighted by Gasteiger charge is -2.06. The SMILES string of the molecule is N#Cc1cc(NC(=O)c2oc3ccccc3c2CSc2cccs2)ccc1F. The molecule has 138 valence electrons. The predicted octanol–water partition coefficient (Wildman–Crippen LogP) is 6.05. The van der Waals surface area contributed by atoms with Crippen molar-refractivity contribution in [2.45, 2.75) is 9.96 Å². The third-order valence-electron chi connectivity index (χ3n) is 4.10. The first kappa shape index (κ1) is 18.3. The Morgan fingerprint density at radius 2 is 2.07 bits per heavy atom. The summed E-state index contributed by atoms with van der Waals surface area (Å²) in [6.07, 6.45) is 0. The van der Waals surface area contributed by atoms with Gasteiger partial charge in [-0.2, -0.15) is 5.26 Å². The van der Waals surface area contributed by atoms with Crippen molar-refractivity contribution in [2.24, 2.45) is 0 Å². The van der Waals surface area contributed by atoms with E-state index in [2.05, 4.69) is 5.32 Å². The van der Waals surface area contributed by atoms with Crippen LogP contribution in [0.5, 0.6) is 0 Å². The molecule has 4 aromatic rings. The topological polar surface area (TPSA) is 66.0 Å². The number of amides is 1. The van der Waals surface area contributed by atoms with Crippen LogP contribution in [0.2, 0.25) is 0 Å². The highest BCUT2D eigenvalue weighted by Crippen LogP contribution is 2.34. The minimum Gasteiger partial charge on any atom is -0.451 e. The maximum atomic E-state index is 13.5. The van der Waals surface area contributed by atoms with Crippen molar-refractivity contribution in [3.05, 3.63) is 82.7 Å². The quantitative estimate of drug-likeness (QED) is 0.408. The Balaban J connectivity index is 1.66. The number of halogens is 1. The highest BCUT2D eigenvalue weighted by Gasteiger charge is 2.21. The number of furan rings is 1. The fourth-order valence-corrected chi connectivity index (χ4v) is 4.60. The van der Waals surface area contributed by atoms with E-state index in [1.54, 1.807) is 29.2 Å². The number of nitrogens with zero attached hydrogens (tertiary/aromatic N) is 1. The third kappa shape index (κ3) is 3.65. The Morgan fingerprint density at radius 3 is 2.86 bits per heavy atom. The number of carbonyl (C=O) groups is 1. The molecule has 0 unspecified atom stereocenters. The minimum absolute atomic E-state index is 0.129. The van der Waals surface area contributed by atoms with E-state index in [0.717, 1.165) is 21.2 Å². The van der Waals surface area contributed by atoms with Gasteiger partial charge < -0.3 is 9.73 Å². The lowest BCUT2D eigenvalue weighted by molar-refractivity contribution is 0.0998. The second-order valence-corrected chi connectivity index (χ2v) is 8.11. The highest BCUT2D eigenvalue weighted by atomic mass is 32.2. The van der Waals surface area contributed by atoms with Crippen LogP contribution in [0, 0.1) is 17.1 Å². The van der Waals surface area contributed by atoms with Crippen LogP contribution in [-0.2, 0) is 5.75 Å². The van der Waals surface area contributed by atoms with Gasteiger partial charge in [-0.1, -0.05) is 24.3 Å². The Bertz CT molecular complexity index is 1190. The maximum Gasteiger partial charge on any atom is 0.291 e. The Morgan fingerprint density at radius 1 is 1.21 bits per heavy atom. The summed E-state index contributed by atoms with van der Waals surface area (Å²) in [5.74, 6) is -0.272. The van der Waals surface area contributed by atoms with Crippen LogP contribution in [0.15, 0.2) is 68.6 Å². The lowest BCUT2D eigenvalue weighted by Crippen LogP contribution is -2.13. The molecule has 2 aromatic heterocycles. The summed E-state index contributed by atoms with van der Waals surface area (Å²) >= 11 is 3.27. The van der Waals surface area contributed by atoms with Crippen LogP contribution in [-0.4, -0.2) is 5.91 Å². The number of nitriles is 1. The average molecular weight is 408 g/mol. The predicted molar refractivity (Wildman–Crippen MR) is 109 cm³/mol. The van der Waals surface area contributed by atoms with Gasteiger partial charge in [0.1, 0.15) is 17.5 Å². The van der Waals surface area contributed by atoms with Crippen molar-refractivity contribution in [1.82, 2.24) is 0 Å². The molecule has 0 spiro atoms. The first-order chi connectivity index (χ1) is 13.7. The first-order valence-electron chi connectivity index (χ1n) is 8.33. The summed E-state index contributed by atoms with van der Waals surface area (Å²) < 4.78 is 20.5. The van der Waals surface area contributed by atoms with Crippen molar-refractivity contribution in [3.63, 3.8) is 0 Å². The van der Waals surface area contributed by atoms with Gasteiger partial charge in [0.15, 0.2) is 5.76 Å². The van der Waals surface area contributed by atoms with E-state index in [-0.39, 0.29) is 11.3 Å². The van der Waals surface area contributed by atoms with Crippen LogP contribution in [0.25, 0.3) is 11.0 Å². The minimum atomic E-state index is -0.628.